The topological polar surface area (TPSA) is 249 Å². The molecule has 0 amide bonds. The molecule has 42 heavy (non-hydrogen) atoms. The summed E-state index contributed by atoms with van der Waals surface area (Å²) in [6.07, 6.45) is -15.5. The summed E-state index contributed by atoms with van der Waals surface area (Å²) in [4.78, 5) is 13.7. The maximum absolute atomic E-state index is 13.7. The van der Waals surface area contributed by atoms with Gasteiger partial charge in [-0.15, -0.1) is 0 Å². The number of fused-ring (bicyclic) bond motifs is 1. The molecule has 2 aliphatic heterocycles. The fourth-order valence-electron chi connectivity index (χ4n) is 4.76. The zero-order valence-electron chi connectivity index (χ0n) is 21.9. The molecule has 0 bridgehead atoms. The van der Waals surface area contributed by atoms with Crippen LogP contribution < -0.4 is 14.9 Å². The smallest absolute Gasteiger partial charge is 0.239 e. The van der Waals surface area contributed by atoms with Crippen LogP contribution in [0.5, 0.6) is 23.0 Å². The highest BCUT2D eigenvalue weighted by molar-refractivity contribution is 5.88. The van der Waals surface area contributed by atoms with Crippen molar-refractivity contribution in [3.63, 3.8) is 0 Å². The molecule has 9 N–H and O–H groups in total. The van der Waals surface area contributed by atoms with Crippen LogP contribution in [0.4, 0.5) is 0 Å². The highest BCUT2D eigenvalue weighted by Gasteiger charge is 2.46. The molecular formula is C27H30O15. The van der Waals surface area contributed by atoms with Crippen LogP contribution in [-0.2, 0) is 9.47 Å². The highest BCUT2D eigenvalue weighted by atomic mass is 16.7. The number of ether oxygens (including phenoxy) is 4. The van der Waals surface area contributed by atoms with Gasteiger partial charge in [-0.2, -0.15) is 0 Å². The normalized spacial score (nSPS) is 33.4. The zero-order chi connectivity index (χ0) is 30.5. The molecule has 10 unspecified atom stereocenters. The Balaban J connectivity index is 1.58. The molecule has 2 aromatic carbocycles. The van der Waals surface area contributed by atoms with Gasteiger partial charge in [-0.1, -0.05) is 0 Å². The molecule has 0 radical (unpaired) electrons. The average molecular weight is 595 g/mol. The van der Waals surface area contributed by atoms with Crippen LogP contribution >= 0.6 is 0 Å². The standard InChI is InChI=1S/C27H30O15/c1-9-17(31)20(34)22(36)26(38-9)39-12-6-13(30)16-14(7-12)40-24(10-2-4-11(29)5-3-10)25(19(16)33)42-27-23(37)21(35)18(32)15(8-28)41-27/h2-7,9,15,17-18,20-23,26-32,34-37H,8H2,1H3. The van der Waals surface area contributed by atoms with E-state index in [9.17, 15) is 50.8 Å². The number of aliphatic hydroxyl groups is 7. The van der Waals surface area contributed by atoms with Crippen LogP contribution in [0.3, 0.4) is 0 Å². The highest BCUT2D eigenvalue weighted by Crippen LogP contribution is 2.38. The van der Waals surface area contributed by atoms with Gasteiger partial charge in [0.15, 0.2) is 5.76 Å². The number of hydrogen-bond acceptors (Lipinski definition) is 15. The molecule has 0 saturated carbocycles. The first kappa shape index (κ1) is 30.0. The fourth-order valence-corrected chi connectivity index (χ4v) is 4.76. The van der Waals surface area contributed by atoms with Crippen LogP contribution in [0, 0.1) is 0 Å². The zero-order valence-corrected chi connectivity index (χ0v) is 21.9. The minimum atomic E-state index is -1.87. The second-order valence-electron chi connectivity index (χ2n) is 10.1. The van der Waals surface area contributed by atoms with Crippen molar-refractivity contribution in [3.05, 3.63) is 46.6 Å². The molecule has 2 aliphatic rings. The second-order valence-corrected chi connectivity index (χ2v) is 10.1. The summed E-state index contributed by atoms with van der Waals surface area (Å²) in [5.41, 5.74) is -1.01. The quantitative estimate of drug-likeness (QED) is 0.154. The van der Waals surface area contributed by atoms with E-state index in [2.05, 4.69) is 0 Å². The summed E-state index contributed by atoms with van der Waals surface area (Å²) < 4.78 is 28.0. The number of rotatable bonds is 6. The third-order valence-electron chi connectivity index (χ3n) is 7.18. The molecule has 3 heterocycles. The average Bonchev–Trinajstić information content (AvgIpc) is 2.96. The van der Waals surface area contributed by atoms with Gasteiger partial charge >= 0.3 is 0 Å². The number of phenols is 2. The van der Waals surface area contributed by atoms with Crippen molar-refractivity contribution < 1.29 is 69.3 Å². The van der Waals surface area contributed by atoms with E-state index in [0.717, 1.165) is 6.07 Å². The molecule has 0 spiro atoms. The van der Waals surface area contributed by atoms with Gasteiger partial charge in [0.05, 0.1) is 12.7 Å². The Morgan fingerprint density at radius 3 is 2.05 bits per heavy atom. The maximum atomic E-state index is 13.7. The van der Waals surface area contributed by atoms with E-state index in [4.69, 9.17) is 23.4 Å². The van der Waals surface area contributed by atoms with Crippen molar-refractivity contribution >= 4 is 11.0 Å². The Kier molecular flexibility index (Phi) is 8.30. The Labute approximate surface area is 236 Å². The van der Waals surface area contributed by atoms with Gasteiger partial charge in [0, 0.05) is 17.7 Å². The van der Waals surface area contributed by atoms with Gasteiger partial charge < -0.3 is 69.3 Å². The minimum Gasteiger partial charge on any atom is -0.508 e. The predicted octanol–water partition coefficient (Wildman–Crippen LogP) is -1.74. The Morgan fingerprint density at radius 1 is 0.786 bits per heavy atom. The summed E-state index contributed by atoms with van der Waals surface area (Å²) in [5, 5.41) is 90.7. The van der Waals surface area contributed by atoms with Gasteiger partial charge in [0.1, 0.15) is 70.9 Å². The van der Waals surface area contributed by atoms with Gasteiger partial charge in [0.2, 0.25) is 23.8 Å². The van der Waals surface area contributed by atoms with Gasteiger partial charge in [-0.3, -0.25) is 4.79 Å². The second kappa shape index (κ2) is 11.6. The van der Waals surface area contributed by atoms with Crippen molar-refractivity contribution in [2.75, 3.05) is 6.61 Å². The van der Waals surface area contributed by atoms with Crippen LogP contribution in [0.2, 0.25) is 0 Å². The van der Waals surface area contributed by atoms with E-state index < -0.39 is 90.3 Å². The lowest BCUT2D eigenvalue weighted by molar-refractivity contribution is -0.277. The largest absolute Gasteiger partial charge is 0.508 e. The summed E-state index contributed by atoms with van der Waals surface area (Å²) in [6.45, 7) is 0.702. The lowest BCUT2D eigenvalue weighted by Crippen LogP contribution is -2.60. The molecule has 228 valence electrons. The van der Waals surface area contributed by atoms with E-state index >= 15 is 0 Å². The van der Waals surface area contributed by atoms with Crippen LogP contribution in [0.1, 0.15) is 6.92 Å². The predicted molar refractivity (Wildman–Crippen MR) is 139 cm³/mol. The van der Waals surface area contributed by atoms with Crippen LogP contribution in [0.15, 0.2) is 45.6 Å². The van der Waals surface area contributed by atoms with Crippen molar-refractivity contribution in [1.82, 2.24) is 0 Å². The maximum Gasteiger partial charge on any atom is 0.239 e. The monoisotopic (exact) mass is 594 g/mol. The number of aromatic hydroxyl groups is 2. The summed E-state index contributed by atoms with van der Waals surface area (Å²) in [5.74, 6) is -1.77. The van der Waals surface area contributed by atoms with Gasteiger partial charge in [0.25, 0.3) is 0 Å². The molecule has 15 nitrogen and oxygen atoms in total. The Hall–Kier alpha value is -3.51. The SMILES string of the molecule is CC1OC(Oc2cc(O)c3c(=O)c(OC4OC(CO)C(O)C(O)C4O)c(-c4ccc(O)cc4)oc3c2)C(O)C(O)C1O. The first-order chi connectivity index (χ1) is 19.9. The lowest BCUT2D eigenvalue weighted by Gasteiger charge is -2.39. The van der Waals surface area contributed by atoms with Crippen molar-refractivity contribution in [2.24, 2.45) is 0 Å². The first-order valence-electron chi connectivity index (χ1n) is 12.9. The molecule has 2 fully saturated rings. The minimum absolute atomic E-state index is 0.112. The molecule has 1 aromatic heterocycles. The first-order valence-corrected chi connectivity index (χ1v) is 12.9. The summed E-state index contributed by atoms with van der Waals surface area (Å²) in [6, 6.07) is 7.53. The summed E-state index contributed by atoms with van der Waals surface area (Å²) >= 11 is 0. The van der Waals surface area contributed by atoms with Crippen molar-refractivity contribution in [2.45, 2.75) is 68.3 Å². The molecule has 5 rings (SSSR count). The third kappa shape index (κ3) is 5.37. The van der Waals surface area contributed by atoms with E-state index in [0.29, 0.717) is 0 Å². The van der Waals surface area contributed by atoms with Crippen molar-refractivity contribution in [3.8, 4) is 34.3 Å². The van der Waals surface area contributed by atoms with E-state index in [1.165, 1.54) is 37.3 Å². The van der Waals surface area contributed by atoms with Gasteiger partial charge in [-0.05, 0) is 31.2 Å². The van der Waals surface area contributed by atoms with E-state index in [1.807, 2.05) is 0 Å². The number of aliphatic hydroxyl groups excluding tert-OH is 7. The lowest BCUT2D eigenvalue weighted by atomic mass is 9.99. The Morgan fingerprint density at radius 2 is 1.40 bits per heavy atom. The Bertz CT molecular complexity index is 1470. The van der Waals surface area contributed by atoms with Crippen LogP contribution in [0.25, 0.3) is 22.3 Å². The molecular weight excluding hydrogens is 564 g/mol. The fraction of sp³-hybridized carbons (Fsp3) is 0.444. The molecule has 2 saturated heterocycles. The number of phenolic OH excluding ortho intramolecular Hbond substituents is 2. The molecule has 0 aliphatic carbocycles. The third-order valence-corrected chi connectivity index (χ3v) is 7.18. The molecule has 15 heteroatoms. The molecule has 10 atom stereocenters. The molecule has 3 aromatic rings. The van der Waals surface area contributed by atoms with Crippen molar-refractivity contribution in [1.29, 1.82) is 0 Å². The van der Waals surface area contributed by atoms with E-state index in [1.54, 1.807) is 0 Å². The van der Waals surface area contributed by atoms with Gasteiger partial charge in [-0.25, -0.2) is 0 Å². The number of hydrogen-bond donors (Lipinski definition) is 9. The summed E-state index contributed by atoms with van der Waals surface area (Å²) in [7, 11) is 0. The van der Waals surface area contributed by atoms with Crippen LogP contribution in [-0.4, -0.2) is 114 Å². The number of benzene rings is 2. The van der Waals surface area contributed by atoms with E-state index in [-0.39, 0.29) is 28.4 Å².